The van der Waals surface area contributed by atoms with Crippen LogP contribution in [0.4, 0.5) is 0 Å². The number of halogens is 2. The van der Waals surface area contributed by atoms with Crippen molar-refractivity contribution in [2.24, 2.45) is 0 Å². The molecule has 172 valence electrons. The van der Waals surface area contributed by atoms with Gasteiger partial charge in [-0.25, -0.2) is 0 Å². The molecule has 0 spiro atoms. The third kappa shape index (κ3) is 7.63. The van der Waals surface area contributed by atoms with Gasteiger partial charge in [-0.2, -0.15) is 0 Å². The summed E-state index contributed by atoms with van der Waals surface area (Å²) in [6.45, 7) is 0.343. The normalized spacial score (nSPS) is 11.6. The van der Waals surface area contributed by atoms with Gasteiger partial charge in [0.15, 0.2) is 0 Å². The molecular formula is C26H26BrClN2O2S. The lowest BCUT2D eigenvalue weighted by atomic mass is 10.0. The summed E-state index contributed by atoms with van der Waals surface area (Å²) in [6.07, 6.45) is 0.440. The molecule has 0 aliphatic heterocycles. The zero-order valence-electron chi connectivity index (χ0n) is 18.3. The molecule has 0 heterocycles. The monoisotopic (exact) mass is 544 g/mol. The van der Waals surface area contributed by atoms with E-state index in [2.05, 4.69) is 21.2 Å². The van der Waals surface area contributed by atoms with Crippen molar-refractivity contribution in [2.45, 2.75) is 24.8 Å². The second kappa shape index (κ2) is 12.8. The Morgan fingerprint density at radius 1 is 1.00 bits per heavy atom. The van der Waals surface area contributed by atoms with Crippen LogP contribution in [-0.2, 0) is 28.3 Å². The van der Waals surface area contributed by atoms with Gasteiger partial charge in [-0.1, -0.05) is 88.2 Å². The van der Waals surface area contributed by atoms with Crippen LogP contribution in [0.1, 0.15) is 16.7 Å². The molecular weight excluding hydrogens is 520 g/mol. The van der Waals surface area contributed by atoms with E-state index in [1.54, 1.807) is 11.9 Å². The van der Waals surface area contributed by atoms with Crippen LogP contribution >= 0.6 is 39.3 Å². The van der Waals surface area contributed by atoms with Gasteiger partial charge < -0.3 is 10.2 Å². The van der Waals surface area contributed by atoms with Gasteiger partial charge in [-0.05, 0) is 34.9 Å². The maximum Gasteiger partial charge on any atom is 0.242 e. The SMILES string of the molecule is CNC(=O)C(Cc1ccccc1)N(Cc1cccc(Br)c1)C(=O)CSCc1ccccc1Cl. The summed E-state index contributed by atoms with van der Waals surface area (Å²) in [6, 6.07) is 24.6. The zero-order valence-corrected chi connectivity index (χ0v) is 21.5. The molecule has 2 amide bonds. The van der Waals surface area contributed by atoms with Crippen molar-refractivity contribution in [2.75, 3.05) is 12.8 Å². The molecule has 3 aromatic rings. The molecule has 7 heteroatoms. The number of carbonyl (C=O) groups is 2. The first-order valence-corrected chi connectivity index (χ1v) is 12.9. The second-order valence-corrected chi connectivity index (χ2v) is 9.86. The van der Waals surface area contributed by atoms with Gasteiger partial charge in [0.25, 0.3) is 0 Å². The predicted octanol–water partition coefficient (Wildman–Crippen LogP) is 5.72. The standard InChI is InChI=1S/C26H26BrClN2O2S/c1-29-26(32)24(15-19-8-3-2-4-9-19)30(16-20-10-7-12-22(27)14-20)25(31)18-33-17-21-11-5-6-13-23(21)28/h2-14,24H,15-18H2,1H3,(H,29,32). The molecule has 0 aromatic heterocycles. The molecule has 1 N–H and O–H groups in total. The van der Waals surface area contributed by atoms with E-state index in [1.165, 1.54) is 11.8 Å². The van der Waals surface area contributed by atoms with Crippen LogP contribution in [0.3, 0.4) is 0 Å². The molecule has 3 rings (SSSR count). The summed E-state index contributed by atoms with van der Waals surface area (Å²) in [5.41, 5.74) is 2.94. The Morgan fingerprint density at radius 2 is 1.70 bits per heavy atom. The summed E-state index contributed by atoms with van der Waals surface area (Å²) >= 11 is 11.3. The Kier molecular flexibility index (Phi) is 9.85. The number of hydrogen-bond acceptors (Lipinski definition) is 3. The highest BCUT2D eigenvalue weighted by Crippen LogP contribution is 2.23. The van der Waals surface area contributed by atoms with E-state index in [4.69, 9.17) is 11.6 Å². The van der Waals surface area contributed by atoms with E-state index >= 15 is 0 Å². The van der Waals surface area contributed by atoms with Crippen molar-refractivity contribution < 1.29 is 9.59 Å². The van der Waals surface area contributed by atoms with E-state index < -0.39 is 6.04 Å². The Balaban J connectivity index is 1.81. The number of benzene rings is 3. The fourth-order valence-electron chi connectivity index (χ4n) is 3.50. The molecule has 3 aromatic carbocycles. The number of nitrogens with one attached hydrogen (secondary N) is 1. The molecule has 0 saturated carbocycles. The lowest BCUT2D eigenvalue weighted by Gasteiger charge is -2.31. The summed E-state index contributed by atoms with van der Waals surface area (Å²) in [5.74, 6) is 0.607. The highest BCUT2D eigenvalue weighted by atomic mass is 79.9. The van der Waals surface area contributed by atoms with E-state index in [-0.39, 0.29) is 17.6 Å². The van der Waals surface area contributed by atoms with Crippen LogP contribution in [0.5, 0.6) is 0 Å². The van der Waals surface area contributed by atoms with Gasteiger partial charge in [0.05, 0.1) is 5.75 Å². The van der Waals surface area contributed by atoms with Crippen molar-refractivity contribution in [3.8, 4) is 0 Å². The van der Waals surface area contributed by atoms with Crippen LogP contribution in [0.15, 0.2) is 83.3 Å². The first-order valence-electron chi connectivity index (χ1n) is 10.6. The van der Waals surface area contributed by atoms with Crippen molar-refractivity contribution in [3.63, 3.8) is 0 Å². The average molecular weight is 546 g/mol. The Morgan fingerprint density at radius 3 is 2.39 bits per heavy atom. The van der Waals surface area contributed by atoms with Crippen LogP contribution in [-0.4, -0.2) is 35.6 Å². The van der Waals surface area contributed by atoms with Crippen molar-refractivity contribution in [1.82, 2.24) is 10.2 Å². The number of amides is 2. The molecule has 0 radical (unpaired) electrons. The van der Waals surface area contributed by atoms with Gasteiger partial charge in [0.1, 0.15) is 6.04 Å². The summed E-state index contributed by atoms with van der Waals surface area (Å²) in [5, 5.41) is 3.43. The number of rotatable bonds is 10. The number of nitrogens with zero attached hydrogens (tertiary/aromatic N) is 1. The fourth-order valence-corrected chi connectivity index (χ4v) is 5.14. The lowest BCUT2D eigenvalue weighted by Crippen LogP contribution is -2.50. The van der Waals surface area contributed by atoms with E-state index in [0.29, 0.717) is 23.7 Å². The molecule has 33 heavy (non-hydrogen) atoms. The largest absolute Gasteiger partial charge is 0.357 e. The maximum absolute atomic E-state index is 13.4. The Labute approximate surface area is 212 Å². The van der Waals surface area contributed by atoms with E-state index in [9.17, 15) is 9.59 Å². The molecule has 4 nitrogen and oxygen atoms in total. The minimum Gasteiger partial charge on any atom is -0.357 e. The number of thioether (sulfide) groups is 1. The smallest absolute Gasteiger partial charge is 0.242 e. The third-order valence-corrected chi connectivity index (χ3v) is 7.03. The Hall–Kier alpha value is -2.28. The van der Waals surface area contributed by atoms with Gasteiger partial charge in [-0.3, -0.25) is 9.59 Å². The van der Waals surface area contributed by atoms with Gasteiger partial charge >= 0.3 is 0 Å². The van der Waals surface area contributed by atoms with Crippen LogP contribution in [0.25, 0.3) is 0 Å². The first kappa shape index (κ1) is 25.3. The molecule has 1 unspecified atom stereocenters. The third-order valence-electron chi connectivity index (χ3n) is 5.20. The zero-order chi connectivity index (χ0) is 23.6. The van der Waals surface area contributed by atoms with Crippen LogP contribution in [0, 0.1) is 0 Å². The first-order chi connectivity index (χ1) is 16.0. The van der Waals surface area contributed by atoms with Gasteiger partial charge in [0, 0.05) is 35.3 Å². The van der Waals surface area contributed by atoms with Crippen molar-refractivity contribution >= 4 is 51.1 Å². The molecule has 0 aliphatic rings. The van der Waals surface area contributed by atoms with E-state index in [0.717, 1.165) is 21.2 Å². The summed E-state index contributed by atoms with van der Waals surface area (Å²) in [7, 11) is 1.61. The minimum absolute atomic E-state index is 0.0865. The number of likely N-dealkylation sites (N-methyl/N-ethyl adjacent to an activating group) is 1. The number of hydrogen-bond donors (Lipinski definition) is 1. The summed E-state index contributed by atoms with van der Waals surface area (Å²) < 4.78 is 0.931. The quantitative estimate of drug-likeness (QED) is 0.354. The second-order valence-electron chi connectivity index (χ2n) is 7.56. The van der Waals surface area contributed by atoms with Crippen LogP contribution < -0.4 is 5.32 Å². The summed E-state index contributed by atoms with van der Waals surface area (Å²) in [4.78, 5) is 28.0. The highest BCUT2D eigenvalue weighted by Gasteiger charge is 2.29. The molecule has 1 atom stereocenters. The van der Waals surface area contributed by atoms with Crippen LogP contribution in [0.2, 0.25) is 5.02 Å². The van der Waals surface area contributed by atoms with Crippen molar-refractivity contribution in [1.29, 1.82) is 0 Å². The van der Waals surface area contributed by atoms with E-state index in [1.807, 2.05) is 78.9 Å². The predicted molar refractivity (Wildman–Crippen MR) is 140 cm³/mol. The van der Waals surface area contributed by atoms with Crippen molar-refractivity contribution in [3.05, 3.63) is 105 Å². The maximum atomic E-state index is 13.4. The average Bonchev–Trinajstić information content (AvgIpc) is 2.82. The topological polar surface area (TPSA) is 49.4 Å². The Bertz CT molecular complexity index is 1080. The minimum atomic E-state index is -0.621. The van der Waals surface area contributed by atoms with Gasteiger partial charge in [-0.15, -0.1) is 11.8 Å². The highest BCUT2D eigenvalue weighted by molar-refractivity contribution is 9.10. The fraction of sp³-hybridized carbons (Fsp3) is 0.231. The molecule has 0 saturated heterocycles. The lowest BCUT2D eigenvalue weighted by molar-refractivity contribution is -0.139. The number of carbonyl (C=O) groups excluding carboxylic acids is 2. The van der Waals surface area contributed by atoms with Gasteiger partial charge in [0.2, 0.25) is 11.8 Å². The molecule has 0 bridgehead atoms. The molecule has 0 aliphatic carbocycles. The molecule has 0 fully saturated rings.